The fourth-order valence-electron chi connectivity index (χ4n) is 1.79. The summed E-state index contributed by atoms with van der Waals surface area (Å²) >= 11 is 5.83. The van der Waals surface area contributed by atoms with Gasteiger partial charge in [-0.05, 0) is 12.0 Å². The molecule has 2 atom stereocenters. The van der Waals surface area contributed by atoms with E-state index in [-0.39, 0.29) is 16.5 Å². The zero-order chi connectivity index (χ0) is 16.2. The van der Waals surface area contributed by atoms with E-state index in [1.54, 1.807) is 13.8 Å². The molecule has 0 saturated heterocycles. The quantitative estimate of drug-likeness (QED) is 0.619. The maximum absolute atomic E-state index is 12.2. The smallest absolute Gasteiger partial charge is 0.326 e. The van der Waals surface area contributed by atoms with E-state index >= 15 is 0 Å². The average Bonchev–Trinajstić information content (AvgIpc) is 2.42. The number of nitrogens with zero attached hydrogens (tertiary/aromatic N) is 1. The van der Waals surface area contributed by atoms with Crippen molar-refractivity contribution in [3.05, 3.63) is 38.9 Å². The molecule has 114 valence electrons. The van der Waals surface area contributed by atoms with E-state index in [4.69, 9.17) is 16.7 Å². The molecular weight excluding hydrogens is 300 g/mol. The largest absolute Gasteiger partial charge is 0.480 e. The fraction of sp³-hybridized carbons (Fsp3) is 0.385. The summed E-state index contributed by atoms with van der Waals surface area (Å²) in [7, 11) is 0. The highest BCUT2D eigenvalue weighted by Crippen LogP contribution is 2.26. The first-order chi connectivity index (χ1) is 9.79. The summed E-state index contributed by atoms with van der Waals surface area (Å²) in [6, 6.07) is 2.68. The van der Waals surface area contributed by atoms with Crippen LogP contribution in [0.1, 0.15) is 30.6 Å². The van der Waals surface area contributed by atoms with E-state index in [2.05, 4.69) is 5.32 Å². The Morgan fingerprint density at radius 3 is 2.57 bits per heavy atom. The van der Waals surface area contributed by atoms with Gasteiger partial charge in [-0.2, -0.15) is 0 Å². The molecule has 1 aromatic carbocycles. The number of nitro benzene ring substituents is 1. The highest BCUT2D eigenvalue weighted by atomic mass is 35.5. The van der Waals surface area contributed by atoms with E-state index < -0.39 is 28.5 Å². The molecule has 0 fully saturated rings. The molecule has 0 bridgehead atoms. The molecule has 2 N–H and O–H groups in total. The number of carbonyl (C=O) groups excluding carboxylic acids is 1. The number of amides is 1. The van der Waals surface area contributed by atoms with Gasteiger partial charge in [-0.1, -0.05) is 37.9 Å². The number of carbonyl (C=O) groups is 2. The third kappa shape index (κ3) is 3.91. The monoisotopic (exact) mass is 314 g/mol. The van der Waals surface area contributed by atoms with E-state index in [0.29, 0.717) is 6.42 Å². The van der Waals surface area contributed by atoms with Crippen molar-refractivity contribution in [1.29, 1.82) is 0 Å². The number of carboxylic acids is 1. The molecule has 0 heterocycles. The first-order valence-electron chi connectivity index (χ1n) is 6.26. The second kappa shape index (κ2) is 7.03. The summed E-state index contributed by atoms with van der Waals surface area (Å²) in [6.07, 6.45) is 0.530. The maximum atomic E-state index is 12.2. The van der Waals surface area contributed by atoms with Crippen LogP contribution in [0, 0.1) is 16.0 Å². The van der Waals surface area contributed by atoms with Crippen LogP contribution in [0.4, 0.5) is 5.69 Å². The van der Waals surface area contributed by atoms with E-state index in [0.717, 1.165) is 6.07 Å². The van der Waals surface area contributed by atoms with Gasteiger partial charge < -0.3 is 10.4 Å². The van der Waals surface area contributed by atoms with E-state index in [1.807, 2.05) is 0 Å². The number of hydrogen-bond acceptors (Lipinski definition) is 4. The lowest BCUT2D eigenvalue weighted by Gasteiger charge is -2.20. The number of carboxylic acid groups (broad SMARTS) is 1. The van der Waals surface area contributed by atoms with Crippen LogP contribution in [0.5, 0.6) is 0 Å². The van der Waals surface area contributed by atoms with E-state index in [1.165, 1.54) is 12.1 Å². The van der Waals surface area contributed by atoms with Crippen molar-refractivity contribution in [2.45, 2.75) is 26.3 Å². The Morgan fingerprint density at radius 1 is 1.48 bits per heavy atom. The second-order valence-electron chi connectivity index (χ2n) is 4.57. The Morgan fingerprint density at radius 2 is 2.10 bits per heavy atom. The summed E-state index contributed by atoms with van der Waals surface area (Å²) in [4.78, 5) is 33.6. The topological polar surface area (TPSA) is 110 Å². The predicted molar refractivity (Wildman–Crippen MR) is 76.5 cm³/mol. The lowest BCUT2D eigenvalue weighted by atomic mass is 9.99. The highest BCUT2D eigenvalue weighted by Gasteiger charge is 2.30. The molecule has 1 aromatic rings. The number of aliphatic carboxylic acids is 1. The van der Waals surface area contributed by atoms with Crippen molar-refractivity contribution in [3.63, 3.8) is 0 Å². The van der Waals surface area contributed by atoms with Crippen molar-refractivity contribution < 1.29 is 19.6 Å². The van der Waals surface area contributed by atoms with Gasteiger partial charge in [0.05, 0.1) is 9.95 Å². The molecule has 8 heteroatoms. The highest BCUT2D eigenvalue weighted by molar-refractivity contribution is 6.34. The third-order valence-corrected chi connectivity index (χ3v) is 3.50. The molecule has 0 aliphatic carbocycles. The van der Waals surface area contributed by atoms with Gasteiger partial charge >= 0.3 is 5.97 Å². The summed E-state index contributed by atoms with van der Waals surface area (Å²) in [5.41, 5.74) is -0.799. The van der Waals surface area contributed by atoms with Crippen molar-refractivity contribution in [2.75, 3.05) is 0 Å². The van der Waals surface area contributed by atoms with Crippen LogP contribution in [0.3, 0.4) is 0 Å². The fourth-order valence-corrected chi connectivity index (χ4v) is 2.04. The van der Waals surface area contributed by atoms with Gasteiger partial charge in [0.1, 0.15) is 11.6 Å². The minimum absolute atomic E-state index is 0.102. The number of hydrogen-bond donors (Lipinski definition) is 2. The van der Waals surface area contributed by atoms with Gasteiger partial charge in [-0.25, -0.2) is 4.79 Å². The molecule has 0 radical (unpaired) electrons. The number of benzene rings is 1. The number of nitro groups is 1. The predicted octanol–water partition coefficient (Wildman–Crippen LogP) is 2.48. The molecule has 21 heavy (non-hydrogen) atoms. The van der Waals surface area contributed by atoms with Crippen LogP contribution in [-0.2, 0) is 4.79 Å². The van der Waals surface area contributed by atoms with Gasteiger partial charge in [0.25, 0.3) is 11.6 Å². The van der Waals surface area contributed by atoms with Gasteiger partial charge in [0, 0.05) is 6.07 Å². The van der Waals surface area contributed by atoms with Crippen LogP contribution in [0.25, 0.3) is 0 Å². The normalized spacial score (nSPS) is 13.3. The molecule has 0 aliphatic rings. The summed E-state index contributed by atoms with van der Waals surface area (Å²) in [5, 5.41) is 22.3. The average molecular weight is 315 g/mol. The SMILES string of the molecule is CC[C@H](C)[C@H](NC(=O)c1c(Cl)cccc1[N+](=O)[O-])C(=O)O. The van der Waals surface area contributed by atoms with Gasteiger partial charge in [-0.3, -0.25) is 14.9 Å². The minimum Gasteiger partial charge on any atom is -0.480 e. The molecule has 0 saturated carbocycles. The second-order valence-corrected chi connectivity index (χ2v) is 4.97. The molecule has 7 nitrogen and oxygen atoms in total. The van der Waals surface area contributed by atoms with Gasteiger partial charge in [-0.15, -0.1) is 0 Å². The first-order valence-corrected chi connectivity index (χ1v) is 6.63. The Hall–Kier alpha value is -2.15. The van der Waals surface area contributed by atoms with Crippen LogP contribution >= 0.6 is 11.6 Å². The molecular formula is C13H15ClN2O5. The lowest BCUT2D eigenvalue weighted by molar-refractivity contribution is -0.385. The zero-order valence-corrected chi connectivity index (χ0v) is 12.3. The van der Waals surface area contributed by atoms with Crippen molar-refractivity contribution >= 4 is 29.2 Å². The number of halogens is 1. The zero-order valence-electron chi connectivity index (χ0n) is 11.5. The van der Waals surface area contributed by atoms with Crippen molar-refractivity contribution in [2.24, 2.45) is 5.92 Å². The molecule has 0 unspecified atom stereocenters. The van der Waals surface area contributed by atoms with E-state index in [9.17, 15) is 19.7 Å². The van der Waals surface area contributed by atoms with Crippen LogP contribution < -0.4 is 5.32 Å². The lowest BCUT2D eigenvalue weighted by Crippen LogP contribution is -2.45. The maximum Gasteiger partial charge on any atom is 0.326 e. The number of nitrogens with one attached hydrogen (secondary N) is 1. The van der Waals surface area contributed by atoms with Crippen LogP contribution in [0.2, 0.25) is 5.02 Å². The summed E-state index contributed by atoms with van der Waals surface area (Å²) in [5.74, 6) is -2.40. The Balaban J connectivity index is 3.14. The Labute approximate surface area is 126 Å². The Bertz CT molecular complexity index is 576. The molecule has 0 aliphatic heterocycles. The Kier molecular flexibility index (Phi) is 5.66. The standard InChI is InChI=1S/C13H15ClN2O5/c1-3-7(2)11(13(18)19)15-12(17)10-8(14)5-4-6-9(10)16(20)21/h4-7,11H,3H2,1-2H3,(H,15,17)(H,18,19)/t7-,11-/m0/s1. The van der Waals surface area contributed by atoms with Crippen LogP contribution in [0.15, 0.2) is 18.2 Å². The molecule has 1 rings (SSSR count). The van der Waals surface area contributed by atoms with Crippen LogP contribution in [-0.4, -0.2) is 27.9 Å². The van der Waals surface area contributed by atoms with Crippen molar-refractivity contribution in [3.8, 4) is 0 Å². The molecule has 0 spiro atoms. The van der Waals surface area contributed by atoms with Gasteiger partial charge in [0.15, 0.2) is 0 Å². The summed E-state index contributed by atoms with van der Waals surface area (Å²) in [6.45, 7) is 3.45. The van der Waals surface area contributed by atoms with Gasteiger partial charge in [0.2, 0.25) is 0 Å². The summed E-state index contributed by atoms with van der Waals surface area (Å²) < 4.78 is 0. The number of rotatable bonds is 6. The van der Waals surface area contributed by atoms with Crippen molar-refractivity contribution in [1.82, 2.24) is 5.32 Å². The third-order valence-electron chi connectivity index (χ3n) is 3.18. The first kappa shape index (κ1) is 16.9. The molecule has 1 amide bonds. The molecule has 0 aromatic heterocycles. The minimum atomic E-state index is -1.20.